The third kappa shape index (κ3) is 4.02. The zero-order valence-electron chi connectivity index (χ0n) is 11.2. The third-order valence-corrected chi connectivity index (χ3v) is 3.66. The van der Waals surface area contributed by atoms with Gasteiger partial charge in [0.1, 0.15) is 0 Å². The lowest BCUT2D eigenvalue weighted by Gasteiger charge is -2.29. The highest BCUT2D eigenvalue weighted by Gasteiger charge is 2.25. The van der Waals surface area contributed by atoms with E-state index in [1.807, 2.05) is 11.8 Å². The van der Waals surface area contributed by atoms with Crippen molar-refractivity contribution >= 4 is 11.8 Å². The minimum atomic E-state index is 0.0808. The van der Waals surface area contributed by atoms with Crippen molar-refractivity contribution < 1.29 is 9.59 Å². The molecule has 1 fully saturated rings. The van der Waals surface area contributed by atoms with Crippen LogP contribution in [0.1, 0.15) is 46.5 Å². The Kier molecular flexibility index (Phi) is 5.45. The summed E-state index contributed by atoms with van der Waals surface area (Å²) in [6.07, 6.45) is 4.15. The number of nitrogens with one attached hydrogen (secondary N) is 1. The second-order valence-electron chi connectivity index (χ2n) is 4.89. The Morgan fingerprint density at radius 3 is 2.47 bits per heavy atom. The molecule has 1 rings (SSSR count). The molecule has 0 radical (unpaired) electrons. The van der Waals surface area contributed by atoms with E-state index < -0.39 is 0 Å². The van der Waals surface area contributed by atoms with E-state index in [4.69, 9.17) is 0 Å². The van der Waals surface area contributed by atoms with Gasteiger partial charge in [-0.25, -0.2) is 0 Å². The summed E-state index contributed by atoms with van der Waals surface area (Å²) < 4.78 is 0. The maximum Gasteiger partial charge on any atom is 0.223 e. The van der Waals surface area contributed by atoms with Crippen LogP contribution in [0.25, 0.3) is 0 Å². The highest BCUT2D eigenvalue weighted by Crippen LogP contribution is 2.25. The second kappa shape index (κ2) is 6.62. The molecule has 1 aliphatic rings. The highest BCUT2D eigenvalue weighted by molar-refractivity contribution is 5.79. The Bertz CT molecular complexity index is 275. The Morgan fingerprint density at radius 1 is 1.41 bits per heavy atom. The van der Waals surface area contributed by atoms with Crippen LogP contribution in [0.3, 0.4) is 0 Å². The highest BCUT2D eigenvalue weighted by atomic mass is 16.2. The van der Waals surface area contributed by atoms with Gasteiger partial charge in [-0.05, 0) is 26.2 Å². The molecule has 0 aromatic rings. The van der Waals surface area contributed by atoms with Gasteiger partial charge in [-0.1, -0.05) is 13.3 Å². The Hall–Kier alpha value is -1.06. The molecule has 0 heterocycles. The third-order valence-electron chi connectivity index (χ3n) is 3.66. The van der Waals surface area contributed by atoms with Crippen LogP contribution in [0.15, 0.2) is 0 Å². The van der Waals surface area contributed by atoms with Crippen molar-refractivity contribution in [2.75, 3.05) is 13.1 Å². The summed E-state index contributed by atoms with van der Waals surface area (Å²) in [5.41, 5.74) is 0. The van der Waals surface area contributed by atoms with Gasteiger partial charge in [0, 0.05) is 32.0 Å². The lowest BCUT2D eigenvalue weighted by atomic mass is 9.85. The van der Waals surface area contributed by atoms with Crippen molar-refractivity contribution in [3.8, 4) is 0 Å². The van der Waals surface area contributed by atoms with Gasteiger partial charge in [-0.15, -0.1) is 0 Å². The van der Waals surface area contributed by atoms with E-state index in [9.17, 15) is 9.59 Å². The first kappa shape index (κ1) is 14.0. The number of hydrogen-bond donors (Lipinski definition) is 1. The van der Waals surface area contributed by atoms with Gasteiger partial charge in [0.15, 0.2) is 0 Å². The summed E-state index contributed by atoms with van der Waals surface area (Å²) in [6, 6.07) is 0.244. The van der Waals surface area contributed by atoms with Crippen LogP contribution in [-0.4, -0.2) is 35.8 Å². The Morgan fingerprint density at radius 2 is 2.06 bits per heavy atom. The summed E-state index contributed by atoms with van der Waals surface area (Å²) >= 11 is 0. The molecule has 0 aromatic heterocycles. The van der Waals surface area contributed by atoms with Crippen LogP contribution in [-0.2, 0) is 9.59 Å². The molecule has 2 amide bonds. The fourth-order valence-corrected chi connectivity index (χ4v) is 2.02. The van der Waals surface area contributed by atoms with Crippen molar-refractivity contribution in [1.29, 1.82) is 0 Å². The standard InChI is InChI=1S/C13H24N2O2/c1-4-10(2)15(11(3)16)9-8-14-13(17)12-6-5-7-12/h10,12H,4-9H2,1-3H3,(H,14,17). The number of hydrogen-bond acceptors (Lipinski definition) is 2. The first-order valence-electron chi connectivity index (χ1n) is 6.61. The van der Waals surface area contributed by atoms with Crippen molar-refractivity contribution in [2.45, 2.75) is 52.5 Å². The lowest BCUT2D eigenvalue weighted by molar-refractivity contribution is -0.132. The van der Waals surface area contributed by atoms with E-state index in [1.54, 1.807) is 6.92 Å². The molecule has 4 heteroatoms. The molecule has 17 heavy (non-hydrogen) atoms. The summed E-state index contributed by atoms with van der Waals surface area (Å²) in [7, 11) is 0. The molecule has 98 valence electrons. The van der Waals surface area contributed by atoms with E-state index >= 15 is 0 Å². The van der Waals surface area contributed by atoms with Crippen LogP contribution in [0.4, 0.5) is 0 Å². The second-order valence-corrected chi connectivity index (χ2v) is 4.89. The van der Waals surface area contributed by atoms with E-state index in [0.717, 1.165) is 19.3 Å². The Labute approximate surface area is 104 Å². The first-order valence-corrected chi connectivity index (χ1v) is 6.61. The van der Waals surface area contributed by atoms with Crippen LogP contribution in [0.2, 0.25) is 0 Å². The van der Waals surface area contributed by atoms with Gasteiger partial charge < -0.3 is 10.2 Å². The molecule has 1 atom stereocenters. The molecule has 0 spiro atoms. The molecule has 1 saturated carbocycles. The number of amides is 2. The molecule has 1 aliphatic carbocycles. The zero-order valence-corrected chi connectivity index (χ0v) is 11.2. The average Bonchev–Trinajstić information content (AvgIpc) is 2.20. The Balaban J connectivity index is 2.26. The fourth-order valence-electron chi connectivity index (χ4n) is 2.02. The average molecular weight is 240 g/mol. The molecule has 0 saturated heterocycles. The minimum Gasteiger partial charge on any atom is -0.354 e. The molecule has 4 nitrogen and oxygen atoms in total. The molecule has 0 aromatic carbocycles. The van der Waals surface area contributed by atoms with Gasteiger partial charge in [0.25, 0.3) is 0 Å². The van der Waals surface area contributed by atoms with E-state index in [0.29, 0.717) is 13.1 Å². The monoisotopic (exact) mass is 240 g/mol. The fraction of sp³-hybridized carbons (Fsp3) is 0.846. The quantitative estimate of drug-likeness (QED) is 0.766. The van der Waals surface area contributed by atoms with E-state index in [2.05, 4.69) is 12.2 Å². The van der Waals surface area contributed by atoms with Gasteiger partial charge in [0.2, 0.25) is 11.8 Å². The number of nitrogens with zero attached hydrogens (tertiary/aromatic N) is 1. The largest absolute Gasteiger partial charge is 0.354 e. The summed E-state index contributed by atoms with van der Waals surface area (Å²) in [5, 5.41) is 2.92. The van der Waals surface area contributed by atoms with Crippen LogP contribution in [0, 0.1) is 5.92 Å². The maximum atomic E-state index is 11.6. The molecule has 1 N–H and O–H groups in total. The molecule has 1 unspecified atom stereocenters. The number of carbonyl (C=O) groups is 2. The molecule has 0 bridgehead atoms. The predicted octanol–water partition coefficient (Wildman–Crippen LogP) is 1.55. The minimum absolute atomic E-state index is 0.0808. The van der Waals surface area contributed by atoms with Crippen molar-refractivity contribution in [3.63, 3.8) is 0 Å². The van der Waals surface area contributed by atoms with E-state index in [1.165, 1.54) is 6.42 Å². The first-order chi connectivity index (χ1) is 8.06. The topological polar surface area (TPSA) is 49.4 Å². The van der Waals surface area contributed by atoms with Gasteiger partial charge in [-0.2, -0.15) is 0 Å². The van der Waals surface area contributed by atoms with E-state index in [-0.39, 0.29) is 23.8 Å². The van der Waals surface area contributed by atoms with Gasteiger partial charge >= 0.3 is 0 Å². The molecular weight excluding hydrogens is 216 g/mol. The SMILES string of the molecule is CCC(C)N(CCNC(=O)C1CCC1)C(C)=O. The number of carbonyl (C=O) groups excluding carboxylic acids is 2. The van der Waals surface area contributed by atoms with Crippen LogP contribution >= 0.6 is 0 Å². The van der Waals surface area contributed by atoms with Gasteiger partial charge in [-0.3, -0.25) is 9.59 Å². The molecule has 0 aliphatic heterocycles. The summed E-state index contributed by atoms with van der Waals surface area (Å²) in [6.45, 7) is 6.87. The normalized spacial score (nSPS) is 17.1. The van der Waals surface area contributed by atoms with Gasteiger partial charge in [0.05, 0.1) is 0 Å². The summed E-state index contributed by atoms with van der Waals surface area (Å²) in [4.78, 5) is 24.9. The smallest absolute Gasteiger partial charge is 0.223 e. The van der Waals surface area contributed by atoms with Crippen LogP contribution < -0.4 is 5.32 Å². The maximum absolute atomic E-state index is 11.6. The van der Waals surface area contributed by atoms with Crippen LogP contribution in [0.5, 0.6) is 0 Å². The zero-order chi connectivity index (χ0) is 12.8. The van der Waals surface area contributed by atoms with Crippen molar-refractivity contribution in [3.05, 3.63) is 0 Å². The predicted molar refractivity (Wildman–Crippen MR) is 67.5 cm³/mol. The number of rotatable bonds is 6. The van der Waals surface area contributed by atoms with Crippen molar-refractivity contribution in [1.82, 2.24) is 10.2 Å². The molecular formula is C13H24N2O2. The summed E-state index contributed by atoms with van der Waals surface area (Å²) in [5.74, 6) is 0.463. The lowest BCUT2D eigenvalue weighted by Crippen LogP contribution is -2.44. The van der Waals surface area contributed by atoms with Crippen molar-refractivity contribution in [2.24, 2.45) is 5.92 Å².